The van der Waals surface area contributed by atoms with Crippen LogP contribution >= 0.6 is 0 Å². The van der Waals surface area contributed by atoms with Crippen molar-refractivity contribution in [1.29, 1.82) is 0 Å². The molecule has 0 aromatic heterocycles. The molecule has 0 aliphatic heterocycles. The van der Waals surface area contributed by atoms with Crippen molar-refractivity contribution in [3.8, 4) is 0 Å². The van der Waals surface area contributed by atoms with Gasteiger partial charge in [-0.2, -0.15) is 0 Å². The second-order valence-electron chi connectivity index (χ2n) is 6.44. The van der Waals surface area contributed by atoms with E-state index in [0.717, 1.165) is 27.8 Å². The van der Waals surface area contributed by atoms with E-state index in [4.69, 9.17) is 0 Å². The van der Waals surface area contributed by atoms with Gasteiger partial charge in [-0.1, -0.05) is 62.7 Å². The summed E-state index contributed by atoms with van der Waals surface area (Å²) in [5, 5.41) is 0. The molecule has 2 aromatic carbocycles. The van der Waals surface area contributed by atoms with Crippen molar-refractivity contribution >= 4 is 5.78 Å². The van der Waals surface area contributed by atoms with Gasteiger partial charge in [-0.3, -0.25) is 4.79 Å². The van der Waals surface area contributed by atoms with Crippen molar-refractivity contribution in [2.75, 3.05) is 0 Å². The number of hydrogen-bond donors (Lipinski definition) is 0. The molecule has 0 saturated heterocycles. The smallest absolute Gasteiger partial charge is 0.193 e. The summed E-state index contributed by atoms with van der Waals surface area (Å²) >= 11 is 0. The first kappa shape index (κ1) is 14.5. The zero-order valence-electron chi connectivity index (χ0n) is 12.9. The number of aryl methyl sites for hydroxylation is 2. The van der Waals surface area contributed by atoms with E-state index in [9.17, 15) is 4.79 Å². The molecule has 0 unspecified atom stereocenters. The lowest BCUT2D eigenvalue weighted by atomic mass is 9.81. The van der Waals surface area contributed by atoms with Gasteiger partial charge < -0.3 is 0 Å². The SMILES string of the molecule is Cc1ccc(C)c(C(=O)c2ccccc2C(C)(C)C)c1. The highest BCUT2D eigenvalue weighted by Gasteiger charge is 2.22. The molecule has 0 saturated carbocycles. The highest BCUT2D eigenvalue weighted by atomic mass is 16.1. The number of ketones is 1. The Bertz CT molecular complexity index is 645. The van der Waals surface area contributed by atoms with E-state index in [1.165, 1.54) is 0 Å². The summed E-state index contributed by atoms with van der Waals surface area (Å²) < 4.78 is 0. The molecule has 0 heterocycles. The maximum absolute atomic E-state index is 12.9. The molecular weight excluding hydrogens is 244 g/mol. The van der Waals surface area contributed by atoms with Gasteiger partial charge in [0, 0.05) is 11.1 Å². The molecule has 0 atom stereocenters. The molecule has 1 heteroatoms. The molecular formula is C19H22O. The first-order chi connectivity index (χ1) is 9.30. The summed E-state index contributed by atoms with van der Waals surface area (Å²) in [5.41, 5.74) is 4.84. The second-order valence-corrected chi connectivity index (χ2v) is 6.44. The average molecular weight is 266 g/mol. The second kappa shape index (κ2) is 5.24. The summed E-state index contributed by atoms with van der Waals surface area (Å²) in [5.74, 6) is 0.122. The molecule has 0 radical (unpaired) electrons. The minimum absolute atomic E-state index is 0.0377. The van der Waals surface area contributed by atoms with Gasteiger partial charge in [-0.05, 0) is 36.5 Å². The van der Waals surface area contributed by atoms with Crippen LogP contribution in [0.25, 0.3) is 0 Å². The van der Waals surface area contributed by atoms with E-state index >= 15 is 0 Å². The summed E-state index contributed by atoms with van der Waals surface area (Å²) in [6.07, 6.45) is 0. The van der Waals surface area contributed by atoms with E-state index in [2.05, 4.69) is 26.8 Å². The molecule has 0 aliphatic carbocycles. The first-order valence-electron chi connectivity index (χ1n) is 7.02. The predicted octanol–water partition coefficient (Wildman–Crippen LogP) is 4.83. The van der Waals surface area contributed by atoms with Crippen molar-refractivity contribution in [1.82, 2.24) is 0 Å². The van der Waals surface area contributed by atoms with E-state index < -0.39 is 0 Å². The summed E-state index contributed by atoms with van der Waals surface area (Å²) in [6.45, 7) is 10.4. The number of carbonyl (C=O) groups is 1. The van der Waals surface area contributed by atoms with Crippen molar-refractivity contribution in [3.05, 3.63) is 70.3 Å². The summed E-state index contributed by atoms with van der Waals surface area (Å²) in [4.78, 5) is 12.9. The van der Waals surface area contributed by atoms with E-state index in [0.29, 0.717) is 0 Å². The molecule has 0 amide bonds. The van der Waals surface area contributed by atoms with E-state index in [-0.39, 0.29) is 11.2 Å². The van der Waals surface area contributed by atoms with Crippen LogP contribution < -0.4 is 0 Å². The predicted molar refractivity (Wildman–Crippen MR) is 84.5 cm³/mol. The maximum atomic E-state index is 12.9. The highest BCUT2D eigenvalue weighted by Crippen LogP contribution is 2.28. The quantitative estimate of drug-likeness (QED) is 0.711. The molecule has 0 N–H and O–H groups in total. The van der Waals surface area contributed by atoms with Gasteiger partial charge in [0.2, 0.25) is 0 Å². The van der Waals surface area contributed by atoms with Crippen LogP contribution in [0.5, 0.6) is 0 Å². The Morgan fingerprint density at radius 1 is 0.900 bits per heavy atom. The Balaban J connectivity index is 2.57. The van der Waals surface area contributed by atoms with Gasteiger partial charge in [-0.25, -0.2) is 0 Å². The largest absolute Gasteiger partial charge is 0.289 e. The Morgan fingerprint density at radius 2 is 1.55 bits per heavy atom. The van der Waals surface area contributed by atoms with Gasteiger partial charge >= 0.3 is 0 Å². The summed E-state index contributed by atoms with van der Waals surface area (Å²) in [7, 11) is 0. The van der Waals surface area contributed by atoms with Crippen LogP contribution in [-0.2, 0) is 5.41 Å². The van der Waals surface area contributed by atoms with Gasteiger partial charge in [0.1, 0.15) is 0 Å². The third kappa shape index (κ3) is 2.82. The number of benzene rings is 2. The molecule has 2 rings (SSSR count). The average Bonchev–Trinajstić information content (AvgIpc) is 2.40. The van der Waals surface area contributed by atoms with Crippen molar-refractivity contribution in [2.24, 2.45) is 0 Å². The molecule has 0 fully saturated rings. The minimum Gasteiger partial charge on any atom is -0.289 e. The van der Waals surface area contributed by atoms with E-state index in [1.54, 1.807) is 0 Å². The van der Waals surface area contributed by atoms with Gasteiger partial charge in [0.15, 0.2) is 5.78 Å². The number of rotatable bonds is 2. The van der Waals surface area contributed by atoms with Gasteiger partial charge in [-0.15, -0.1) is 0 Å². The molecule has 0 bridgehead atoms. The zero-order valence-corrected chi connectivity index (χ0v) is 12.9. The lowest BCUT2D eigenvalue weighted by Gasteiger charge is -2.22. The normalized spacial score (nSPS) is 11.4. The maximum Gasteiger partial charge on any atom is 0.193 e. The standard InChI is InChI=1S/C19H22O/c1-13-10-11-14(2)16(12-13)18(20)15-8-6-7-9-17(15)19(3,4)5/h6-12H,1-5H3. The lowest BCUT2D eigenvalue weighted by molar-refractivity contribution is 0.103. The fourth-order valence-electron chi connectivity index (χ4n) is 2.46. The van der Waals surface area contributed by atoms with Crippen LogP contribution in [0.1, 0.15) is 53.4 Å². The van der Waals surface area contributed by atoms with Crippen molar-refractivity contribution < 1.29 is 4.79 Å². The highest BCUT2D eigenvalue weighted by molar-refractivity contribution is 6.11. The molecule has 20 heavy (non-hydrogen) atoms. The van der Waals surface area contributed by atoms with Crippen LogP contribution in [0.4, 0.5) is 0 Å². The van der Waals surface area contributed by atoms with Crippen LogP contribution in [-0.4, -0.2) is 5.78 Å². The van der Waals surface area contributed by atoms with E-state index in [1.807, 2.05) is 50.2 Å². The van der Waals surface area contributed by atoms with Gasteiger partial charge in [0.25, 0.3) is 0 Å². The molecule has 0 spiro atoms. The fourth-order valence-corrected chi connectivity index (χ4v) is 2.46. The molecule has 1 nitrogen and oxygen atoms in total. The first-order valence-corrected chi connectivity index (χ1v) is 7.02. The molecule has 0 aliphatic rings. The third-order valence-electron chi connectivity index (χ3n) is 3.62. The van der Waals surface area contributed by atoms with Crippen LogP contribution in [0.3, 0.4) is 0 Å². The lowest BCUT2D eigenvalue weighted by Crippen LogP contribution is -2.17. The van der Waals surface area contributed by atoms with Gasteiger partial charge in [0.05, 0.1) is 0 Å². The van der Waals surface area contributed by atoms with Crippen LogP contribution in [0, 0.1) is 13.8 Å². The Labute approximate surface area is 121 Å². The zero-order chi connectivity index (χ0) is 14.9. The Kier molecular flexibility index (Phi) is 3.80. The van der Waals surface area contributed by atoms with Crippen LogP contribution in [0.2, 0.25) is 0 Å². The van der Waals surface area contributed by atoms with Crippen LogP contribution in [0.15, 0.2) is 42.5 Å². The Morgan fingerprint density at radius 3 is 2.20 bits per heavy atom. The topological polar surface area (TPSA) is 17.1 Å². The Hall–Kier alpha value is -1.89. The molecule has 2 aromatic rings. The van der Waals surface area contributed by atoms with Crippen molar-refractivity contribution in [2.45, 2.75) is 40.0 Å². The summed E-state index contributed by atoms with van der Waals surface area (Å²) in [6, 6.07) is 14.0. The monoisotopic (exact) mass is 266 g/mol. The minimum atomic E-state index is -0.0377. The van der Waals surface area contributed by atoms with Crippen molar-refractivity contribution in [3.63, 3.8) is 0 Å². The number of hydrogen-bond acceptors (Lipinski definition) is 1. The third-order valence-corrected chi connectivity index (χ3v) is 3.62. The number of carbonyl (C=O) groups excluding carboxylic acids is 1. The fraction of sp³-hybridized carbons (Fsp3) is 0.316. The molecule has 104 valence electrons.